The number of carbonyl (C=O) groups is 1. The number of hydrogen-bond donors (Lipinski definition) is 1. The van der Waals surface area contributed by atoms with Gasteiger partial charge in [0.2, 0.25) is 0 Å². The molecule has 0 aromatic carbocycles. The second kappa shape index (κ2) is 9.81. The minimum atomic E-state index is -3.36. The number of carboxylic acid groups (broad SMARTS) is 1. The van der Waals surface area contributed by atoms with Crippen molar-refractivity contribution in [3.8, 4) is 0 Å². The number of rotatable bonds is 1. The van der Waals surface area contributed by atoms with Crippen LogP contribution in [0.2, 0.25) is 0 Å². The van der Waals surface area contributed by atoms with Crippen LogP contribution in [-0.2, 0) is 24.3 Å². The van der Waals surface area contributed by atoms with Crippen LogP contribution in [0.1, 0.15) is 0 Å². The average molecular weight is 186 g/mol. The zero-order valence-electron chi connectivity index (χ0n) is 5.29. The molecule has 9 heteroatoms. The molecule has 11 heavy (non-hydrogen) atoms. The average Bonchev–Trinajstić information content (AvgIpc) is 1.63. The molecule has 62 valence electrons. The third-order valence-electron chi connectivity index (χ3n) is 0.187. The Morgan fingerprint density at radius 2 is 1.45 bits per heavy atom. The summed E-state index contributed by atoms with van der Waals surface area (Å²) in [7, 11) is 0. The molecule has 0 spiro atoms. The van der Waals surface area contributed by atoms with E-state index >= 15 is 0 Å². The van der Waals surface area contributed by atoms with Crippen molar-refractivity contribution in [1.82, 2.24) is 0 Å². The van der Waals surface area contributed by atoms with E-state index < -0.39 is 23.5 Å². The molecule has 0 bridgehead atoms. The Hall–Kier alpha value is -0.193. The smallest absolute Gasteiger partial charge is 0.477 e. The number of alkyl halides is 2. The molecular weight excluding hydrogens is 184 g/mol. The standard InChI is InChI=1S/C2H2F2O2.FO2S.Li/c3-1(4)2(5)6;1-4(2)3;/h1H,(H,5,6);;/q;-1;+1. The Labute approximate surface area is 73.8 Å². The fraction of sp³-hybridized carbons (Fsp3) is 0.500. The fourth-order valence-corrected chi connectivity index (χ4v) is 0. The summed E-state index contributed by atoms with van der Waals surface area (Å²) in [4.78, 5) is 8.95. The van der Waals surface area contributed by atoms with Gasteiger partial charge in [-0.25, -0.2) is 4.79 Å². The quantitative estimate of drug-likeness (QED) is 0.279. The van der Waals surface area contributed by atoms with Crippen LogP contribution in [0.25, 0.3) is 0 Å². The van der Waals surface area contributed by atoms with E-state index in [0.717, 1.165) is 0 Å². The molecule has 1 N–H and O–H groups in total. The van der Waals surface area contributed by atoms with E-state index in [1.165, 1.54) is 0 Å². The zero-order valence-corrected chi connectivity index (χ0v) is 6.11. The van der Waals surface area contributed by atoms with Crippen molar-refractivity contribution in [2.75, 3.05) is 0 Å². The van der Waals surface area contributed by atoms with Crippen molar-refractivity contribution >= 4 is 17.1 Å². The van der Waals surface area contributed by atoms with Crippen molar-refractivity contribution in [1.29, 1.82) is 0 Å². The van der Waals surface area contributed by atoms with Crippen LogP contribution in [0.5, 0.6) is 0 Å². The Morgan fingerprint density at radius 1 is 1.36 bits per heavy atom. The van der Waals surface area contributed by atoms with Gasteiger partial charge in [0.15, 0.2) is 0 Å². The summed E-state index contributed by atoms with van der Waals surface area (Å²) < 4.78 is 47.7. The maximum Gasteiger partial charge on any atom is 1.00 e. The fourth-order valence-electron chi connectivity index (χ4n) is 0. The van der Waals surface area contributed by atoms with Gasteiger partial charge < -0.3 is 17.4 Å². The van der Waals surface area contributed by atoms with Crippen LogP contribution < -0.4 is 18.9 Å². The van der Waals surface area contributed by atoms with Gasteiger partial charge in [0.1, 0.15) is 0 Å². The Kier molecular flexibility index (Phi) is 15.2. The van der Waals surface area contributed by atoms with Gasteiger partial charge in [0.05, 0.1) is 11.1 Å². The second-order valence-corrected chi connectivity index (χ2v) is 1.22. The minimum absolute atomic E-state index is 0. The molecule has 0 saturated carbocycles. The molecule has 0 aromatic rings. The summed E-state index contributed by atoms with van der Waals surface area (Å²) >= 11 is -3.36. The first kappa shape index (κ1) is 17.1. The molecule has 0 atom stereocenters. The van der Waals surface area contributed by atoms with Crippen molar-refractivity contribution in [2.24, 2.45) is 0 Å². The molecule has 0 rings (SSSR count). The van der Waals surface area contributed by atoms with Gasteiger partial charge in [0.25, 0.3) is 0 Å². The molecule has 0 unspecified atom stereocenters. The summed E-state index contributed by atoms with van der Waals surface area (Å²) in [6, 6.07) is 0. The van der Waals surface area contributed by atoms with Gasteiger partial charge in [-0.15, -0.1) is 0 Å². The molecule has 0 radical (unpaired) electrons. The van der Waals surface area contributed by atoms with Crippen LogP contribution in [0.15, 0.2) is 0 Å². The molecule has 0 fully saturated rings. The zero-order chi connectivity index (χ0) is 8.73. The number of aliphatic carboxylic acids is 1. The van der Waals surface area contributed by atoms with Crippen molar-refractivity contribution < 1.29 is 49.8 Å². The predicted molar refractivity (Wildman–Crippen MR) is 23.5 cm³/mol. The predicted octanol–water partition coefficient (Wildman–Crippen LogP) is -2.48. The van der Waals surface area contributed by atoms with Crippen molar-refractivity contribution in [3.05, 3.63) is 0 Å². The largest absolute Gasteiger partial charge is 1.00 e. The van der Waals surface area contributed by atoms with E-state index in [1.807, 2.05) is 0 Å². The van der Waals surface area contributed by atoms with Gasteiger partial charge >= 0.3 is 31.3 Å². The Morgan fingerprint density at radius 3 is 1.45 bits per heavy atom. The molecule has 0 heterocycles. The van der Waals surface area contributed by atoms with Crippen LogP contribution in [0, 0.1) is 0 Å². The number of carboxylic acids is 1. The molecule has 0 aliphatic rings. The van der Waals surface area contributed by atoms with Crippen molar-refractivity contribution in [3.63, 3.8) is 0 Å². The summed E-state index contributed by atoms with van der Waals surface area (Å²) in [5.41, 5.74) is 0. The third kappa shape index (κ3) is 41.2. The topological polar surface area (TPSA) is 71.4 Å². The number of halogens is 3. The summed E-state index contributed by atoms with van der Waals surface area (Å²) in [6.45, 7) is 0. The van der Waals surface area contributed by atoms with Gasteiger partial charge in [-0.05, 0) is 0 Å². The van der Waals surface area contributed by atoms with Crippen LogP contribution in [-0.4, -0.2) is 17.5 Å². The molecule has 0 aromatic heterocycles. The first-order valence-electron chi connectivity index (χ1n) is 1.64. The van der Waals surface area contributed by atoms with E-state index in [0.29, 0.717) is 0 Å². The van der Waals surface area contributed by atoms with Gasteiger partial charge in [-0.3, -0.25) is 0 Å². The second-order valence-electron chi connectivity index (χ2n) is 0.833. The van der Waals surface area contributed by atoms with Crippen LogP contribution >= 0.6 is 0 Å². The van der Waals surface area contributed by atoms with E-state index in [9.17, 15) is 12.7 Å². The maximum atomic E-state index is 10.6. The van der Waals surface area contributed by atoms with E-state index in [1.54, 1.807) is 0 Å². The van der Waals surface area contributed by atoms with Crippen LogP contribution in [0.3, 0.4) is 0 Å². The third-order valence-corrected chi connectivity index (χ3v) is 0.187. The molecule has 0 saturated heterocycles. The normalized spacial score (nSPS) is 8.09. The van der Waals surface area contributed by atoms with Crippen LogP contribution in [0.4, 0.5) is 12.7 Å². The van der Waals surface area contributed by atoms with E-state index in [2.05, 4.69) is 0 Å². The summed E-state index contributed by atoms with van der Waals surface area (Å²) in [5, 5.41) is 7.24. The first-order valence-corrected chi connectivity index (χ1v) is 2.62. The number of hydrogen-bond acceptors (Lipinski definition) is 4. The Balaban J connectivity index is -0.000000114. The Bertz CT molecular complexity index is 161. The minimum Gasteiger partial charge on any atom is -0.477 e. The molecule has 0 amide bonds. The maximum absolute atomic E-state index is 10.6. The van der Waals surface area contributed by atoms with E-state index in [4.69, 9.17) is 18.3 Å². The van der Waals surface area contributed by atoms with Gasteiger partial charge in [-0.1, -0.05) is 0 Å². The van der Waals surface area contributed by atoms with Gasteiger partial charge in [-0.2, -0.15) is 8.78 Å². The monoisotopic (exact) mass is 186 g/mol. The summed E-state index contributed by atoms with van der Waals surface area (Å²) in [5.74, 6) is -2.07. The molecule has 0 aliphatic carbocycles. The first-order chi connectivity index (χ1) is 4.37. The van der Waals surface area contributed by atoms with E-state index in [-0.39, 0.29) is 18.9 Å². The summed E-state index contributed by atoms with van der Waals surface area (Å²) in [6.07, 6.45) is -3.23. The van der Waals surface area contributed by atoms with Gasteiger partial charge in [0, 0.05) is 0 Å². The van der Waals surface area contributed by atoms with Crippen molar-refractivity contribution in [2.45, 2.75) is 6.43 Å². The molecule has 0 aliphatic heterocycles. The molecular formula is C2H2F3LiO4S. The molecule has 4 nitrogen and oxygen atoms in total. The SMILES string of the molecule is O=C(O)C(F)F.O=[S-](=O)F.[Li+].